The van der Waals surface area contributed by atoms with Gasteiger partial charge in [0.05, 0.1) is 6.04 Å². The highest BCUT2D eigenvalue weighted by atomic mass is 35.5. The molecule has 0 N–H and O–H groups in total. The van der Waals surface area contributed by atoms with Crippen LogP contribution in [0.25, 0.3) is 0 Å². The first-order valence-corrected chi connectivity index (χ1v) is 11.6. The van der Waals surface area contributed by atoms with E-state index in [-0.39, 0.29) is 11.9 Å². The third kappa shape index (κ3) is 4.47. The number of likely N-dealkylation sites (tertiary alicyclic amines) is 1. The van der Waals surface area contributed by atoms with E-state index in [2.05, 4.69) is 10.2 Å². The zero-order chi connectivity index (χ0) is 21.3. The Hall–Kier alpha value is -1.73. The van der Waals surface area contributed by atoms with Crippen molar-refractivity contribution in [3.8, 4) is 0 Å². The number of rotatable bonds is 5. The smallest absolute Gasteiger partial charge is 0.254 e. The van der Waals surface area contributed by atoms with Gasteiger partial charge < -0.3 is 9.47 Å². The van der Waals surface area contributed by atoms with Gasteiger partial charge in [-0.1, -0.05) is 52.6 Å². The van der Waals surface area contributed by atoms with E-state index in [0.29, 0.717) is 32.9 Å². The van der Waals surface area contributed by atoms with Crippen LogP contribution in [0.2, 0.25) is 15.1 Å². The monoisotopic (exact) mass is 480 g/mol. The zero-order valence-corrected chi connectivity index (χ0v) is 19.3. The summed E-state index contributed by atoms with van der Waals surface area (Å²) in [5.41, 5.74) is 1.61. The first-order valence-electron chi connectivity index (χ1n) is 9.46. The number of carbonyl (C=O) groups excluding carboxylic acids is 1. The Morgan fingerprint density at radius 3 is 2.57 bits per heavy atom. The molecule has 1 aliphatic rings. The molecular formula is C21H19Cl3N4OS. The van der Waals surface area contributed by atoms with E-state index in [1.807, 2.05) is 28.6 Å². The van der Waals surface area contributed by atoms with Crippen molar-refractivity contribution in [3.63, 3.8) is 0 Å². The molecular weight excluding hydrogens is 463 g/mol. The summed E-state index contributed by atoms with van der Waals surface area (Å²) in [6.07, 6.45) is 1.79. The second-order valence-electron chi connectivity index (χ2n) is 7.09. The van der Waals surface area contributed by atoms with E-state index >= 15 is 0 Å². The molecule has 156 valence electrons. The molecule has 0 spiro atoms. The molecule has 2 aromatic carbocycles. The van der Waals surface area contributed by atoms with Crippen LogP contribution in [0.15, 0.2) is 47.6 Å². The third-order valence-electron chi connectivity index (χ3n) is 5.14. The minimum absolute atomic E-state index is 0.0145. The number of nitrogens with zero attached hydrogens (tertiary/aromatic N) is 4. The van der Waals surface area contributed by atoms with E-state index in [1.165, 1.54) is 0 Å². The summed E-state index contributed by atoms with van der Waals surface area (Å²) in [5.74, 6) is 1.43. The summed E-state index contributed by atoms with van der Waals surface area (Å²) >= 11 is 19.7. The Morgan fingerprint density at radius 2 is 1.83 bits per heavy atom. The van der Waals surface area contributed by atoms with Crippen LogP contribution in [0.4, 0.5) is 0 Å². The normalized spacial score (nSPS) is 16.3. The molecule has 1 atom stereocenters. The average Bonchev–Trinajstić information content (AvgIpc) is 3.34. The van der Waals surface area contributed by atoms with Crippen LogP contribution in [0.1, 0.15) is 40.6 Å². The van der Waals surface area contributed by atoms with Crippen molar-refractivity contribution in [2.75, 3.05) is 6.54 Å². The van der Waals surface area contributed by atoms with Crippen molar-refractivity contribution in [3.05, 3.63) is 74.5 Å². The van der Waals surface area contributed by atoms with Gasteiger partial charge in [-0.2, -0.15) is 0 Å². The van der Waals surface area contributed by atoms with Crippen molar-refractivity contribution >= 4 is 52.5 Å². The summed E-state index contributed by atoms with van der Waals surface area (Å²) in [6, 6.07) is 12.4. The lowest BCUT2D eigenvalue weighted by Gasteiger charge is -2.24. The summed E-state index contributed by atoms with van der Waals surface area (Å²) in [5, 5.41) is 11.4. The Balaban J connectivity index is 1.50. The molecule has 1 unspecified atom stereocenters. The number of benzene rings is 2. The van der Waals surface area contributed by atoms with Crippen LogP contribution in [-0.4, -0.2) is 32.1 Å². The number of hydrogen-bond acceptors (Lipinski definition) is 4. The maximum atomic E-state index is 13.0. The maximum absolute atomic E-state index is 13.0. The topological polar surface area (TPSA) is 51.0 Å². The van der Waals surface area contributed by atoms with Crippen LogP contribution in [0.5, 0.6) is 0 Å². The largest absolute Gasteiger partial charge is 0.328 e. The van der Waals surface area contributed by atoms with E-state index < -0.39 is 0 Å². The van der Waals surface area contributed by atoms with Gasteiger partial charge in [-0.05, 0) is 54.8 Å². The van der Waals surface area contributed by atoms with Gasteiger partial charge in [0, 0.05) is 40.0 Å². The first kappa shape index (κ1) is 21.5. The predicted molar refractivity (Wildman–Crippen MR) is 121 cm³/mol. The molecule has 0 saturated carbocycles. The molecule has 1 saturated heterocycles. The van der Waals surface area contributed by atoms with E-state index in [4.69, 9.17) is 34.8 Å². The van der Waals surface area contributed by atoms with Crippen LogP contribution in [-0.2, 0) is 12.8 Å². The zero-order valence-electron chi connectivity index (χ0n) is 16.2. The number of aromatic nitrogens is 3. The Labute approximate surface area is 194 Å². The quantitative estimate of drug-likeness (QED) is 0.417. The minimum atomic E-state index is -0.0980. The van der Waals surface area contributed by atoms with E-state index in [9.17, 15) is 4.79 Å². The third-order valence-corrected chi connectivity index (χ3v) is 7.05. The van der Waals surface area contributed by atoms with Gasteiger partial charge >= 0.3 is 0 Å². The Kier molecular flexibility index (Phi) is 6.58. The van der Waals surface area contributed by atoms with E-state index in [0.717, 1.165) is 29.4 Å². The van der Waals surface area contributed by atoms with Crippen LogP contribution < -0.4 is 0 Å². The second kappa shape index (κ2) is 9.18. The lowest BCUT2D eigenvalue weighted by Crippen LogP contribution is -2.31. The fraction of sp³-hybridized carbons (Fsp3) is 0.286. The number of amides is 1. The molecule has 1 amide bonds. The maximum Gasteiger partial charge on any atom is 0.254 e. The molecule has 1 aromatic heterocycles. The Bertz CT molecular complexity index is 1070. The number of carbonyl (C=O) groups is 1. The lowest BCUT2D eigenvalue weighted by atomic mass is 10.1. The molecule has 5 nitrogen and oxygen atoms in total. The van der Waals surface area contributed by atoms with Gasteiger partial charge in [-0.3, -0.25) is 4.79 Å². The SMILES string of the molecule is Cn1c(SCc2ccc(Cl)cc2Cl)nnc1C1CCCN1C(=O)c1ccc(Cl)cc1. The molecule has 4 rings (SSSR count). The van der Waals surface area contributed by atoms with Crippen LogP contribution in [0, 0.1) is 0 Å². The summed E-state index contributed by atoms with van der Waals surface area (Å²) in [6.45, 7) is 0.696. The van der Waals surface area contributed by atoms with Crippen LogP contribution >= 0.6 is 46.6 Å². The first-order chi connectivity index (χ1) is 14.4. The lowest BCUT2D eigenvalue weighted by molar-refractivity contribution is 0.0727. The summed E-state index contributed by atoms with van der Waals surface area (Å²) in [4.78, 5) is 14.9. The predicted octanol–water partition coefficient (Wildman–Crippen LogP) is 6.04. The molecule has 9 heteroatoms. The van der Waals surface area contributed by atoms with Gasteiger partial charge in [0.2, 0.25) is 0 Å². The molecule has 2 heterocycles. The number of thioether (sulfide) groups is 1. The number of halogens is 3. The van der Waals surface area contributed by atoms with Crippen molar-refractivity contribution < 1.29 is 4.79 Å². The molecule has 3 aromatic rings. The number of hydrogen-bond donors (Lipinski definition) is 0. The summed E-state index contributed by atoms with van der Waals surface area (Å²) in [7, 11) is 1.93. The second-order valence-corrected chi connectivity index (χ2v) is 9.31. The van der Waals surface area contributed by atoms with E-state index in [1.54, 1.807) is 42.1 Å². The molecule has 0 bridgehead atoms. The highest BCUT2D eigenvalue weighted by Gasteiger charge is 2.34. The van der Waals surface area contributed by atoms with Crippen molar-refractivity contribution in [2.24, 2.45) is 7.05 Å². The Morgan fingerprint density at radius 1 is 1.10 bits per heavy atom. The van der Waals surface area contributed by atoms with Gasteiger partial charge in [-0.25, -0.2) is 0 Å². The van der Waals surface area contributed by atoms with Crippen molar-refractivity contribution in [1.29, 1.82) is 0 Å². The molecule has 1 aliphatic heterocycles. The molecule has 30 heavy (non-hydrogen) atoms. The minimum Gasteiger partial charge on any atom is -0.328 e. The van der Waals surface area contributed by atoms with Gasteiger partial charge in [0.1, 0.15) is 0 Å². The van der Waals surface area contributed by atoms with Crippen molar-refractivity contribution in [2.45, 2.75) is 29.8 Å². The van der Waals surface area contributed by atoms with Gasteiger partial charge in [0.15, 0.2) is 11.0 Å². The molecule has 1 fully saturated rings. The fourth-order valence-electron chi connectivity index (χ4n) is 3.56. The highest BCUT2D eigenvalue weighted by Crippen LogP contribution is 2.34. The van der Waals surface area contributed by atoms with Crippen LogP contribution in [0.3, 0.4) is 0 Å². The summed E-state index contributed by atoms with van der Waals surface area (Å²) < 4.78 is 1.96. The highest BCUT2D eigenvalue weighted by molar-refractivity contribution is 7.98. The fourth-order valence-corrected chi connectivity index (χ4v) is 5.16. The van der Waals surface area contributed by atoms with Crippen molar-refractivity contribution in [1.82, 2.24) is 19.7 Å². The van der Waals surface area contributed by atoms with Gasteiger partial charge in [-0.15, -0.1) is 10.2 Å². The average molecular weight is 482 g/mol. The standard InChI is InChI=1S/C21H19Cl3N4OS/c1-27-19(25-26-21(27)30-12-14-6-9-16(23)11-17(14)24)18-3-2-10-28(18)20(29)13-4-7-15(22)8-5-13/h4-9,11,18H,2-3,10,12H2,1H3. The molecule has 0 aliphatic carbocycles. The molecule has 0 radical (unpaired) electrons. The van der Waals surface area contributed by atoms with Gasteiger partial charge in [0.25, 0.3) is 5.91 Å².